The Morgan fingerprint density at radius 2 is 1.65 bits per heavy atom. The SMILES string of the molecule is Cc1ccc([C@@H](C(=O)NC2CCN(c3ccccc3)CC2)N(C)C)cc1. The molecule has 2 aromatic carbocycles. The molecule has 1 aliphatic heterocycles. The maximum atomic E-state index is 12.9. The van der Waals surface area contributed by atoms with Crippen molar-refractivity contribution in [2.24, 2.45) is 0 Å². The number of para-hydroxylation sites is 1. The van der Waals surface area contributed by atoms with Gasteiger partial charge < -0.3 is 10.2 Å². The Labute approximate surface area is 156 Å². The van der Waals surface area contributed by atoms with E-state index in [4.69, 9.17) is 0 Å². The number of benzene rings is 2. The molecule has 0 saturated carbocycles. The van der Waals surface area contributed by atoms with Crippen LogP contribution in [0.5, 0.6) is 0 Å². The fourth-order valence-electron chi connectivity index (χ4n) is 3.63. The van der Waals surface area contributed by atoms with E-state index in [2.05, 4.69) is 65.7 Å². The molecule has 26 heavy (non-hydrogen) atoms. The Kier molecular flexibility index (Phi) is 5.94. The van der Waals surface area contributed by atoms with Crippen LogP contribution in [0.4, 0.5) is 5.69 Å². The monoisotopic (exact) mass is 351 g/mol. The van der Waals surface area contributed by atoms with E-state index in [-0.39, 0.29) is 18.0 Å². The number of carbonyl (C=O) groups excluding carboxylic acids is 1. The van der Waals surface area contributed by atoms with Crippen molar-refractivity contribution in [2.75, 3.05) is 32.1 Å². The van der Waals surface area contributed by atoms with E-state index in [1.54, 1.807) is 0 Å². The van der Waals surface area contributed by atoms with Gasteiger partial charge in [-0.1, -0.05) is 48.0 Å². The second-order valence-corrected chi connectivity index (χ2v) is 7.38. The average Bonchev–Trinajstić information content (AvgIpc) is 2.64. The zero-order valence-electron chi connectivity index (χ0n) is 16.0. The summed E-state index contributed by atoms with van der Waals surface area (Å²) in [5, 5.41) is 3.28. The summed E-state index contributed by atoms with van der Waals surface area (Å²) in [6, 6.07) is 18.7. The first kappa shape index (κ1) is 18.5. The third kappa shape index (κ3) is 4.44. The molecule has 138 valence electrons. The highest BCUT2D eigenvalue weighted by Crippen LogP contribution is 2.22. The minimum absolute atomic E-state index is 0.0945. The zero-order chi connectivity index (χ0) is 18.5. The first-order valence-corrected chi connectivity index (χ1v) is 9.38. The molecule has 1 amide bonds. The predicted octanol–water partition coefficient (Wildman–Crippen LogP) is 3.38. The van der Waals surface area contributed by atoms with Gasteiger partial charge in [-0.3, -0.25) is 9.69 Å². The van der Waals surface area contributed by atoms with Crippen molar-refractivity contribution in [3.05, 3.63) is 65.7 Å². The van der Waals surface area contributed by atoms with E-state index in [1.165, 1.54) is 11.3 Å². The lowest BCUT2D eigenvalue weighted by Crippen LogP contribution is -2.47. The third-order valence-corrected chi connectivity index (χ3v) is 5.12. The fraction of sp³-hybridized carbons (Fsp3) is 0.409. The minimum Gasteiger partial charge on any atom is -0.371 e. The van der Waals surface area contributed by atoms with Crippen LogP contribution in [-0.4, -0.2) is 44.0 Å². The molecule has 0 aliphatic carbocycles. The number of anilines is 1. The van der Waals surface area contributed by atoms with E-state index in [9.17, 15) is 4.79 Å². The van der Waals surface area contributed by atoms with Crippen LogP contribution < -0.4 is 10.2 Å². The number of aryl methyl sites for hydroxylation is 1. The molecule has 0 spiro atoms. The Morgan fingerprint density at radius 1 is 1.04 bits per heavy atom. The number of likely N-dealkylation sites (N-methyl/N-ethyl adjacent to an activating group) is 1. The molecule has 4 heteroatoms. The molecule has 4 nitrogen and oxygen atoms in total. The van der Waals surface area contributed by atoms with Crippen molar-refractivity contribution >= 4 is 11.6 Å². The lowest BCUT2D eigenvalue weighted by Gasteiger charge is -2.35. The highest BCUT2D eigenvalue weighted by molar-refractivity contribution is 5.83. The van der Waals surface area contributed by atoms with Crippen LogP contribution in [0.1, 0.15) is 30.0 Å². The molecule has 3 rings (SSSR count). The topological polar surface area (TPSA) is 35.6 Å². The van der Waals surface area contributed by atoms with E-state index in [0.29, 0.717) is 0 Å². The molecule has 0 radical (unpaired) electrons. The van der Waals surface area contributed by atoms with Gasteiger partial charge in [-0.15, -0.1) is 0 Å². The molecule has 1 heterocycles. The Morgan fingerprint density at radius 3 is 2.23 bits per heavy atom. The van der Waals surface area contributed by atoms with E-state index in [1.807, 2.05) is 25.1 Å². The summed E-state index contributed by atoms with van der Waals surface area (Å²) >= 11 is 0. The quantitative estimate of drug-likeness (QED) is 0.897. The van der Waals surface area contributed by atoms with Gasteiger partial charge in [0, 0.05) is 24.8 Å². The van der Waals surface area contributed by atoms with Gasteiger partial charge in [0.1, 0.15) is 6.04 Å². The molecule has 0 unspecified atom stereocenters. The summed E-state index contributed by atoms with van der Waals surface area (Å²) < 4.78 is 0. The predicted molar refractivity (Wildman–Crippen MR) is 107 cm³/mol. The first-order valence-electron chi connectivity index (χ1n) is 9.38. The lowest BCUT2D eigenvalue weighted by atomic mass is 10.0. The summed E-state index contributed by atoms with van der Waals surface area (Å²) in [5.41, 5.74) is 3.52. The van der Waals surface area contributed by atoms with Crippen molar-refractivity contribution in [3.63, 3.8) is 0 Å². The number of rotatable bonds is 5. The van der Waals surface area contributed by atoms with Gasteiger partial charge in [0.05, 0.1) is 0 Å². The van der Waals surface area contributed by atoms with Gasteiger partial charge in [0.2, 0.25) is 5.91 Å². The van der Waals surface area contributed by atoms with Gasteiger partial charge >= 0.3 is 0 Å². The van der Waals surface area contributed by atoms with Crippen molar-refractivity contribution in [2.45, 2.75) is 31.8 Å². The summed E-state index contributed by atoms with van der Waals surface area (Å²) in [4.78, 5) is 17.3. The van der Waals surface area contributed by atoms with Crippen molar-refractivity contribution in [1.82, 2.24) is 10.2 Å². The second-order valence-electron chi connectivity index (χ2n) is 7.38. The third-order valence-electron chi connectivity index (χ3n) is 5.12. The summed E-state index contributed by atoms with van der Waals surface area (Å²) in [6.07, 6.45) is 1.96. The molecule has 2 aromatic rings. The maximum absolute atomic E-state index is 12.9. The average molecular weight is 351 g/mol. The number of nitrogens with zero attached hydrogens (tertiary/aromatic N) is 2. The molecule has 1 fully saturated rings. The van der Waals surface area contributed by atoms with E-state index < -0.39 is 0 Å². The van der Waals surface area contributed by atoms with Crippen molar-refractivity contribution < 1.29 is 4.79 Å². The number of hydrogen-bond acceptors (Lipinski definition) is 3. The zero-order valence-corrected chi connectivity index (χ0v) is 16.0. The number of nitrogens with one attached hydrogen (secondary N) is 1. The lowest BCUT2D eigenvalue weighted by molar-refractivity contribution is -0.126. The molecule has 1 atom stereocenters. The molecule has 1 saturated heterocycles. The van der Waals surface area contributed by atoms with Crippen molar-refractivity contribution in [1.29, 1.82) is 0 Å². The van der Waals surface area contributed by atoms with E-state index in [0.717, 1.165) is 31.5 Å². The molecular formula is C22H29N3O. The summed E-state index contributed by atoms with van der Waals surface area (Å²) in [7, 11) is 3.92. The van der Waals surface area contributed by atoms with Gasteiger partial charge in [-0.2, -0.15) is 0 Å². The van der Waals surface area contributed by atoms with Gasteiger partial charge in [0.25, 0.3) is 0 Å². The number of carbonyl (C=O) groups is 1. The summed E-state index contributed by atoms with van der Waals surface area (Å²) in [6.45, 7) is 4.02. The number of piperidine rings is 1. The van der Waals surface area contributed by atoms with Crippen LogP contribution in [0.3, 0.4) is 0 Å². The number of hydrogen-bond donors (Lipinski definition) is 1. The normalized spacial score (nSPS) is 16.5. The van der Waals surface area contributed by atoms with Gasteiger partial charge in [-0.25, -0.2) is 0 Å². The van der Waals surface area contributed by atoms with Crippen LogP contribution in [-0.2, 0) is 4.79 Å². The van der Waals surface area contributed by atoms with Crippen molar-refractivity contribution in [3.8, 4) is 0 Å². The molecule has 0 bridgehead atoms. The fourth-order valence-corrected chi connectivity index (χ4v) is 3.63. The van der Waals surface area contributed by atoms with Crippen LogP contribution >= 0.6 is 0 Å². The minimum atomic E-state index is -0.247. The maximum Gasteiger partial charge on any atom is 0.242 e. The Balaban J connectivity index is 1.59. The molecule has 1 N–H and O–H groups in total. The van der Waals surface area contributed by atoms with Gasteiger partial charge in [0.15, 0.2) is 0 Å². The smallest absolute Gasteiger partial charge is 0.242 e. The second kappa shape index (κ2) is 8.37. The van der Waals surface area contributed by atoms with Crippen LogP contribution in [0, 0.1) is 6.92 Å². The number of amides is 1. The Bertz CT molecular complexity index is 704. The first-order chi connectivity index (χ1) is 12.5. The van der Waals surface area contributed by atoms with Crippen LogP contribution in [0.25, 0.3) is 0 Å². The molecule has 0 aromatic heterocycles. The Hall–Kier alpha value is -2.33. The standard InChI is InChI=1S/C22H29N3O/c1-17-9-11-18(12-10-17)21(24(2)3)22(26)23-19-13-15-25(16-14-19)20-7-5-4-6-8-20/h4-12,19,21H,13-16H2,1-3H3,(H,23,26)/t21-/m0/s1. The summed E-state index contributed by atoms with van der Waals surface area (Å²) in [5.74, 6) is 0.0945. The van der Waals surface area contributed by atoms with E-state index >= 15 is 0 Å². The largest absolute Gasteiger partial charge is 0.371 e. The molecule has 1 aliphatic rings. The highest BCUT2D eigenvalue weighted by atomic mass is 16.2. The highest BCUT2D eigenvalue weighted by Gasteiger charge is 2.27. The van der Waals surface area contributed by atoms with Crippen LogP contribution in [0.2, 0.25) is 0 Å². The molecular weight excluding hydrogens is 322 g/mol. The van der Waals surface area contributed by atoms with Crippen LogP contribution in [0.15, 0.2) is 54.6 Å². The van der Waals surface area contributed by atoms with Gasteiger partial charge in [-0.05, 0) is 51.6 Å².